The molecule has 0 atom stereocenters. The van der Waals surface area contributed by atoms with Crippen LogP contribution in [0.15, 0.2) is 0 Å². The molecule has 9 heavy (non-hydrogen) atoms. The Hall–Kier alpha value is -0.660. The van der Waals surface area contributed by atoms with Crippen molar-refractivity contribution in [3.8, 4) is 0 Å². The van der Waals surface area contributed by atoms with Gasteiger partial charge in [0.1, 0.15) is 0 Å². The zero-order chi connectivity index (χ0) is 7.65. The summed E-state index contributed by atoms with van der Waals surface area (Å²) in [5.41, 5.74) is 0. The van der Waals surface area contributed by atoms with Crippen LogP contribution in [0.25, 0.3) is 0 Å². The SMILES string of the molecule is CN(N)C(=N)S(=O)(=O)O. The first-order valence-electron chi connectivity index (χ1n) is 1.90. The third-order valence-corrected chi connectivity index (χ3v) is 1.34. The normalized spacial score (nSPS) is 11.0. The van der Waals surface area contributed by atoms with Crippen molar-refractivity contribution in [3.05, 3.63) is 0 Å². The first-order valence-corrected chi connectivity index (χ1v) is 3.34. The summed E-state index contributed by atoms with van der Waals surface area (Å²) in [6, 6.07) is 0. The van der Waals surface area contributed by atoms with E-state index < -0.39 is 15.3 Å². The van der Waals surface area contributed by atoms with Gasteiger partial charge in [0.2, 0.25) is 0 Å². The molecule has 0 aromatic carbocycles. The van der Waals surface area contributed by atoms with Gasteiger partial charge >= 0.3 is 10.1 Å². The maximum absolute atomic E-state index is 9.98. The molecule has 0 heterocycles. The van der Waals surface area contributed by atoms with Crippen LogP contribution in [-0.2, 0) is 10.1 Å². The van der Waals surface area contributed by atoms with E-state index in [0.29, 0.717) is 5.01 Å². The number of nitrogens with two attached hydrogens (primary N) is 1. The van der Waals surface area contributed by atoms with Crippen molar-refractivity contribution < 1.29 is 13.0 Å². The summed E-state index contributed by atoms with van der Waals surface area (Å²) in [6.45, 7) is 0. The third kappa shape index (κ3) is 2.40. The molecule has 0 radical (unpaired) electrons. The molecule has 0 aromatic heterocycles. The van der Waals surface area contributed by atoms with E-state index in [1.807, 2.05) is 0 Å². The predicted octanol–water partition coefficient (Wildman–Crippen LogP) is -1.39. The molecule has 0 rings (SSSR count). The van der Waals surface area contributed by atoms with Gasteiger partial charge in [-0.15, -0.1) is 0 Å². The highest BCUT2D eigenvalue weighted by molar-refractivity contribution is 8.01. The molecule has 0 fully saturated rings. The topological polar surface area (TPSA) is 107 Å². The summed E-state index contributed by atoms with van der Waals surface area (Å²) in [4.78, 5) is 0. The van der Waals surface area contributed by atoms with Crippen molar-refractivity contribution in [1.29, 1.82) is 5.41 Å². The van der Waals surface area contributed by atoms with Crippen LogP contribution in [0.2, 0.25) is 0 Å². The van der Waals surface area contributed by atoms with Gasteiger partial charge in [-0.25, -0.2) is 5.84 Å². The Kier molecular flexibility index (Phi) is 2.13. The van der Waals surface area contributed by atoms with E-state index in [9.17, 15) is 8.42 Å². The molecule has 0 amide bonds. The van der Waals surface area contributed by atoms with Gasteiger partial charge in [0, 0.05) is 7.05 Å². The number of nitrogens with zero attached hydrogens (tertiary/aromatic N) is 1. The van der Waals surface area contributed by atoms with Crippen LogP contribution in [-0.4, -0.2) is 30.2 Å². The van der Waals surface area contributed by atoms with E-state index in [0.717, 1.165) is 7.05 Å². The summed E-state index contributed by atoms with van der Waals surface area (Å²) in [5, 5.41) is 6.03. The van der Waals surface area contributed by atoms with E-state index in [-0.39, 0.29) is 0 Å². The lowest BCUT2D eigenvalue weighted by Gasteiger charge is -2.08. The molecule has 0 aromatic rings. The molecule has 0 bridgehead atoms. The van der Waals surface area contributed by atoms with E-state index in [1.54, 1.807) is 0 Å². The predicted molar refractivity (Wildman–Crippen MR) is 31.2 cm³/mol. The summed E-state index contributed by atoms with van der Waals surface area (Å²) in [7, 11) is -3.28. The molecule has 0 aliphatic rings. The Morgan fingerprint density at radius 1 is 1.78 bits per heavy atom. The van der Waals surface area contributed by atoms with Gasteiger partial charge in [0.15, 0.2) is 0 Å². The van der Waals surface area contributed by atoms with Crippen LogP contribution in [0.3, 0.4) is 0 Å². The lowest BCUT2D eigenvalue weighted by molar-refractivity contribution is 0.477. The molecule has 0 spiro atoms. The summed E-state index contributed by atoms with van der Waals surface area (Å²) >= 11 is 0. The first-order chi connectivity index (χ1) is 3.85. The van der Waals surface area contributed by atoms with Crippen molar-refractivity contribution in [1.82, 2.24) is 5.01 Å². The molecular weight excluding hydrogens is 146 g/mol. The molecule has 4 N–H and O–H groups in total. The van der Waals surface area contributed by atoms with Crippen LogP contribution < -0.4 is 5.84 Å². The number of hydrogen-bond acceptors (Lipinski definition) is 4. The Morgan fingerprint density at radius 2 is 2.11 bits per heavy atom. The largest absolute Gasteiger partial charge is 0.329 e. The molecule has 0 saturated carbocycles. The van der Waals surface area contributed by atoms with Gasteiger partial charge < -0.3 is 0 Å². The van der Waals surface area contributed by atoms with Crippen LogP contribution >= 0.6 is 0 Å². The average molecular weight is 153 g/mol. The fourth-order valence-corrected chi connectivity index (χ4v) is 0.546. The van der Waals surface area contributed by atoms with Crippen molar-refractivity contribution >= 4 is 15.3 Å². The lowest BCUT2D eigenvalue weighted by atomic mass is 11.1. The third-order valence-electron chi connectivity index (χ3n) is 0.565. The minimum absolute atomic E-state index is 0.495. The molecule has 0 aliphatic heterocycles. The van der Waals surface area contributed by atoms with Crippen molar-refractivity contribution in [2.24, 2.45) is 5.84 Å². The quantitative estimate of drug-likeness (QED) is 0.131. The Bertz CT molecular complexity index is 205. The van der Waals surface area contributed by atoms with E-state index in [1.165, 1.54) is 0 Å². The molecule has 0 aliphatic carbocycles. The Balaban J connectivity index is 4.45. The van der Waals surface area contributed by atoms with Gasteiger partial charge in [-0.05, 0) is 0 Å². The smallest absolute Gasteiger partial charge is 0.287 e. The maximum atomic E-state index is 9.98. The van der Waals surface area contributed by atoms with E-state index in [4.69, 9.17) is 15.8 Å². The fraction of sp³-hybridized carbons (Fsp3) is 0.500. The molecule has 54 valence electrons. The van der Waals surface area contributed by atoms with Crippen molar-refractivity contribution in [2.75, 3.05) is 7.05 Å². The summed E-state index contributed by atoms with van der Waals surface area (Å²) in [6.07, 6.45) is 0. The van der Waals surface area contributed by atoms with Crippen LogP contribution in [0.4, 0.5) is 0 Å². The monoisotopic (exact) mass is 153 g/mol. The molecule has 7 heteroatoms. The second kappa shape index (κ2) is 2.29. The number of amidine groups is 1. The zero-order valence-electron chi connectivity index (χ0n) is 4.70. The standard InChI is InChI=1S/C2H7N3O3S/c1-5(4)2(3)9(6,7)8/h3H,4H2,1H3,(H,6,7,8). The summed E-state index contributed by atoms with van der Waals surface area (Å²) in [5.74, 6) is 4.79. The highest BCUT2D eigenvalue weighted by Gasteiger charge is 2.15. The van der Waals surface area contributed by atoms with Crippen LogP contribution in [0.5, 0.6) is 0 Å². The van der Waals surface area contributed by atoms with Gasteiger partial charge in [-0.1, -0.05) is 0 Å². The lowest BCUT2D eigenvalue weighted by Crippen LogP contribution is -2.37. The zero-order valence-corrected chi connectivity index (χ0v) is 5.51. The number of rotatable bonds is 0. The highest BCUT2D eigenvalue weighted by Crippen LogP contribution is 1.85. The van der Waals surface area contributed by atoms with E-state index >= 15 is 0 Å². The first kappa shape index (κ1) is 8.34. The molecule has 6 nitrogen and oxygen atoms in total. The molecule has 0 unspecified atom stereocenters. The van der Waals surface area contributed by atoms with Crippen LogP contribution in [0.1, 0.15) is 0 Å². The number of hydrazine groups is 1. The van der Waals surface area contributed by atoms with Crippen molar-refractivity contribution in [3.63, 3.8) is 0 Å². The minimum Gasteiger partial charge on any atom is -0.287 e. The molecule has 0 saturated heterocycles. The highest BCUT2D eigenvalue weighted by atomic mass is 32.2. The molecular formula is C2H7N3O3S. The minimum atomic E-state index is -4.42. The van der Waals surface area contributed by atoms with E-state index in [2.05, 4.69) is 0 Å². The number of nitrogens with one attached hydrogen (secondary N) is 1. The average Bonchev–Trinajstić information content (AvgIpc) is 1.62. The van der Waals surface area contributed by atoms with Gasteiger partial charge in [-0.2, -0.15) is 8.42 Å². The second-order valence-electron chi connectivity index (χ2n) is 1.39. The van der Waals surface area contributed by atoms with Gasteiger partial charge in [-0.3, -0.25) is 15.0 Å². The Labute approximate surface area is 52.5 Å². The summed E-state index contributed by atoms with van der Waals surface area (Å²) < 4.78 is 28.0. The second-order valence-corrected chi connectivity index (χ2v) is 2.73. The number of hydrogen-bond donors (Lipinski definition) is 3. The Morgan fingerprint density at radius 3 is 2.11 bits per heavy atom. The van der Waals surface area contributed by atoms with Gasteiger partial charge in [0.25, 0.3) is 5.17 Å². The van der Waals surface area contributed by atoms with Crippen molar-refractivity contribution in [2.45, 2.75) is 0 Å². The fourth-order valence-electron chi connectivity index (χ4n) is 0.182. The van der Waals surface area contributed by atoms with Crippen LogP contribution in [0, 0.1) is 5.41 Å². The van der Waals surface area contributed by atoms with Gasteiger partial charge in [0.05, 0.1) is 0 Å². The maximum Gasteiger partial charge on any atom is 0.329 e.